The van der Waals surface area contributed by atoms with Crippen LogP contribution in [0, 0.1) is 0 Å². The fraction of sp³-hybridized carbons (Fsp3) is 0.312. The summed E-state index contributed by atoms with van der Waals surface area (Å²) in [6.45, 7) is 1.06. The third-order valence-electron chi connectivity index (χ3n) is 4.24. The van der Waals surface area contributed by atoms with Crippen LogP contribution in [0.5, 0.6) is 0 Å². The molecule has 0 bridgehead atoms. The summed E-state index contributed by atoms with van der Waals surface area (Å²) in [4.78, 5) is 11.2. The summed E-state index contributed by atoms with van der Waals surface area (Å²) in [7, 11) is 1.93. The van der Waals surface area contributed by atoms with E-state index in [1.54, 1.807) is 0 Å². The van der Waals surface area contributed by atoms with Crippen LogP contribution in [0.25, 0.3) is 11.0 Å². The zero-order valence-corrected chi connectivity index (χ0v) is 12.0. The second kappa shape index (κ2) is 4.84. The normalized spacial score (nSPS) is 18.5. The Hall–Kier alpha value is -2.43. The van der Waals surface area contributed by atoms with Gasteiger partial charge in [0, 0.05) is 32.2 Å². The van der Waals surface area contributed by atoms with Crippen molar-refractivity contribution < 1.29 is 0 Å². The number of hydrogen-bond donors (Lipinski definition) is 0. The molecule has 5 nitrogen and oxygen atoms in total. The third-order valence-corrected chi connectivity index (χ3v) is 4.24. The van der Waals surface area contributed by atoms with Crippen molar-refractivity contribution in [1.82, 2.24) is 19.7 Å². The van der Waals surface area contributed by atoms with Gasteiger partial charge in [0.2, 0.25) is 0 Å². The van der Waals surface area contributed by atoms with Crippen LogP contribution >= 0.6 is 0 Å². The van der Waals surface area contributed by atoms with Gasteiger partial charge < -0.3 is 4.90 Å². The van der Waals surface area contributed by atoms with Crippen LogP contribution in [0.2, 0.25) is 0 Å². The van der Waals surface area contributed by atoms with Gasteiger partial charge in [0.05, 0.1) is 23.3 Å². The minimum absolute atomic E-state index is 0.393. The molecule has 3 aromatic rings. The predicted octanol–water partition coefficient (Wildman–Crippen LogP) is 2.70. The van der Waals surface area contributed by atoms with Crippen LogP contribution in [0.4, 0.5) is 5.69 Å². The van der Waals surface area contributed by atoms with Crippen molar-refractivity contribution in [3.8, 4) is 0 Å². The third kappa shape index (κ3) is 1.96. The van der Waals surface area contributed by atoms with Gasteiger partial charge >= 0.3 is 0 Å². The lowest BCUT2D eigenvalue weighted by Gasteiger charge is -2.27. The van der Waals surface area contributed by atoms with Gasteiger partial charge in [0.25, 0.3) is 0 Å². The van der Waals surface area contributed by atoms with E-state index in [-0.39, 0.29) is 0 Å². The molecule has 1 fully saturated rings. The number of hydrogen-bond acceptors (Lipinski definition) is 4. The molecular weight excluding hydrogens is 262 g/mol. The van der Waals surface area contributed by atoms with Crippen LogP contribution < -0.4 is 4.90 Å². The molecule has 4 rings (SSSR count). The van der Waals surface area contributed by atoms with Gasteiger partial charge in [-0.25, -0.2) is 4.98 Å². The monoisotopic (exact) mass is 279 g/mol. The van der Waals surface area contributed by atoms with Crippen molar-refractivity contribution in [1.29, 1.82) is 0 Å². The highest BCUT2D eigenvalue weighted by Gasteiger charge is 2.28. The lowest BCUT2D eigenvalue weighted by Crippen LogP contribution is -2.22. The minimum Gasteiger partial charge on any atom is -0.364 e. The Bertz CT molecular complexity index is 765. The molecule has 106 valence electrons. The number of rotatable bonds is 2. The molecule has 0 aliphatic carbocycles. The highest BCUT2D eigenvalue weighted by molar-refractivity contribution is 5.89. The van der Waals surface area contributed by atoms with E-state index in [9.17, 15) is 0 Å². The van der Waals surface area contributed by atoms with Crippen LogP contribution in [0.15, 0.2) is 43.0 Å². The molecule has 0 radical (unpaired) electrons. The van der Waals surface area contributed by atoms with Crippen LogP contribution in [-0.2, 0) is 7.05 Å². The lowest BCUT2D eigenvalue weighted by atomic mass is 10.1. The predicted molar refractivity (Wildman–Crippen MR) is 82.1 cm³/mol. The Labute approximate surface area is 123 Å². The molecule has 0 spiro atoms. The Kier molecular flexibility index (Phi) is 2.84. The molecule has 1 atom stereocenters. The summed E-state index contributed by atoms with van der Waals surface area (Å²) in [5, 5.41) is 5.46. The first-order chi connectivity index (χ1) is 10.3. The second-order valence-corrected chi connectivity index (χ2v) is 5.47. The number of aromatic nitrogens is 4. The summed E-state index contributed by atoms with van der Waals surface area (Å²) in [6, 6.07) is 6.67. The average molecular weight is 279 g/mol. The first-order valence-electron chi connectivity index (χ1n) is 7.28. The highest BCUT2D eigenvalue weighted by atomic mass is 15.3. The summed E-state index contributed by atoms with van der Waals surface area (Å²) < 4.78 is 1.83. The molecule has 1 aliphatic heterocycles. The molecule has 1 saturated heterocycles. The number of fused-ring (bicyclic) bond motifs is 1. The van der Waals surface area contributed by atoms with Crippen molar-refractivity contribution in [2.45, 2.75) is 18.9 Å². The SMILES string of the molecule is Cn1ncc2c(N3CCCC3c3cccnc3)ccnc21. The number of aryl methyl sites for hydroxylation is 1. The summed E-state index contributed by atoms with van der Waals surface area (Å²) in [6.07, 6.45) is 9.95. The van der Waals surface area contributed by atoms with Gasteiger partial charge in [-0.2, -0.15) is 5.10 Å². The van der Waals surface area contributed by atoms with Crippen molar-refractivity contribution in [3.05, 3.63) is 48.5 Å². The molecule has 5 heteroatoms. The molecule has 21 heavy (non-hydrogen) atoms. The largest absolute Gasteiger partial charge is 0.364 e. The van der Waals surface area contributed by atoms with Gasteiger partial charge in [0.15, 0.2) is 5.65 Å². The lowest BCUT2D eigenvalue weighted by molar-refractivity contribution is 0.717. The topological polar surface area (TPSA) is 46.8 Å². The van der Waals surface area contributed by atoms with Crippen molar-refractivity contribution in [2.24, 2.45) is 7.05 Å². The second-order valence-electron chi connectivity index (χ2n) is 5.47. The molecule has 3 aromatic heterocycles. The molecule has 4 heterocycles. The first kappa shape index (κ1) is 12.3. The van der Waals surface area contributed by atoms with Crippen molar-refractivity contribution in [2.75, 3.05) is 11.4 Å². The Morgan fingerprint density at radius 2 is 2.14 bits per heavy atom. The van der Waals surface area contributed by atoms with Crippen molar-refractivity contribution >= 4 is 16.7 Å². The maximum Gasteiger partial charge on any atom is 0.159 e. The highest BCUT2D eigenvalue weighted by Crippen LogP contribution is 2.38. The molecule has 1 aliphatic rings. The van der Waals surface area contributed by atoms with Crippen LogP contribution in [0.3, 0.4) is 0 Å². The van der Waals surface area contributed by atoms with E-state index < -0.39 is 0 Å². The molecule has 0 amide bonds. The fourth-order valence-corrected chi connectivity index (χ4v) is 3.26. The van der Waals surface area contributed by atoms with E-state index in [0.717, 1.165) is 24.0 Å². The maximum absolute atomic E-state index is 4.43. The Balaban J connectivity index is 1.80. The van der Waals surface area contributed by atoms with Crippen molar-refractivity contribution in [3.63, 3.8) is 0 Å². The first-order valence-corrected chi connectivity index (χ1v) is 7.28. The van der Waals surface area contributed by atoms with Gasteiger partial charge in [-0.05, 0) is 30.5 Å². The van der Waals surface area contributed by atoms with E-state index in [1.165, 1.54) is 17.7 Å². The van der Waals surface area contributed by atoms with Crippen LogP contribution in [-0.4, -0.2) is 26.3 Å². The standard InChI is InChI=1S/C16H17N5/c1-20-16-13(11-19-20)15(6-8-18-16)21-9-3-5-14(21)12-4-2-7-17-10-12/h2,4,6-8,10-11,14H,3,5,9H2,1H3. The number of nitrogens with zero attached hydrogens (tertiary/aromatic N) is 5. The van der Waals surface area contributed by atoms with E-state index in [0.29, 0.717) is 6.04 Å². The fourth-order valence-electron chi connectivity index (χ4n) is 3.26. The maximum atomic E-state index is 4.43. The molecule has 0 saturated carbocycles. The van der Waals surface area contributed by atoms with E-state index in [2.05, 4.69) is 32.1 Å². The number of anilines is 1. The van der Waals surface area contributed by atoms with E-state index >= 15 is 0 Å². The zero-order valence-electron chi connectivity index (χ0n) is 12.0. The molecular formula is C16H17N5. The van der Waals surface area contributed by atoms with Gasteiger partial charge in [-0.3, -0.25) is 9.67 Å². The molecule has 0 aromatic carbocycles. The molecule has 1 unspecified atom stereocenters. The summed E-state index contributed by atoms with van der Waals surface area (Å²) in [5.41, 5.74) is 3.44. The molecule has 0 N–H and O–H groups in total. The van der Waals surface area contributed by atoms with Gasteiger partial charge in [-0.15, -0.1) is 0 Å². The van der Waals surface area contributed by atoms with Gasteiger partial charge in [-0.1, -0.05) is 6.07 Å². The smallest absolute Gasteiger partial charge is 0.159 e. The Morgan fingerprint density at radius 1 is 1.19 bits per heavy atom. The Morgan fingerprint density at radius 3 is 3.00 bits per heavy atom. The van der Waals surface area contributed by atoms with E-state index in [1.807, 2.05) is 42.6 Å². The quantitative estimate of drug-likeness (QED) is 0.723. The summed E-state index contributed by atoms with van der Waals surface area (Å²) in [5.74, 6) is 0. The van der Waals surface area contributed by atoms with E-state index in [4.69, 9.17) is 0 Å². The van der Waals surface area contributed by atoms with Crippen LogP contribution in [0.1, 0.15) is 24.4 Å². The summed E-state index contributed by atoms with van der Waals surface area (Å²) >= 11 is 0. The number of pyridine rings is 2. The minimum atomic E-state index is 0.393. The van der Waals surface area contributed by atoms with Gasteiger partial charge in [0.1, 0.15) is 0 Å². The average Bonchev–Trinajstić information content (AvgIpc) is 3.15. The zero-order chi connectivity index (χ0) is 14.2.